The molecule has 0 aliphatic heterocycles. The van der Waals surface area contributed by atoms with Gasteiger partial charge in [-0.25, -0.2) is 16.8 Å². The van der Waals surface area contributed by atoms with Crippen LogP contribution in [0.2, 0.25) is 0 Å². The molecule has 0 unspecified atom stereocenters. The van der Waals surface area contributed by atoms with Gasteiger partial charge in [-0.3, -0.25) is 0 Å². The van der Waals surface area contributed by atoms with E-state index in [4.69, 9.17) is 0 Å². The van der Waals surface area contributed by atoms with E-state index in [1.165, 1.54) is 128 Å². The van der Waals surface area contributed by atoms with E-state index in [1.54, 1.807) is 12.1 Å². The van der Waals surface area contributed by atoms with E-state index < -0.39 is 20.2 Å². The molecule has 0 spiro atoms. The van der Waals surface area contributed by atoms with Crippen LogP contribution in [0.1, 0.15) is 230 Å². The zero-order valence-electron chi connectivity index (χ0n) is 41.4. The molecule has 0 aliphatic rings. The Balaban J connectivity index is 0.000000440. The van der Waals surface area contributed by atoms with Gasteiger partial charge in [-0.1, -0.05) is 230 Å². The van der Waals surface area contributed by atoms with Crippen molar-refractivity contribution in [3.63, 3.8) is 0 Å². The van der Waals surface area contributed by atoms with E-state index in [9.17, 15) is 25.9 Å². The number of hydrogen-bond acceptors (Lipinski definition) is 6. The summed E-state index contributed by atoms with van der Waals surface area (Å²) in [6.45, 7) is 8.90. The maximum Gasteiger partial charge on any atom is 2.00 e. The topological polar surface area (TPSA) is 114 Å². The summed E-state index contributed by atoms with van der Waals surface area (Å²) in [4.78, 5) is -0.0435. The molecule has 0 saturated carbocycles. The summed E-state index contributed by atoms with van der Waals surface area (Å²) in [6.07, 6.45) is 37.4. The van der Waals surface area contributed by atoms with Crippen LogP contribution < -0.4 is 0 Å². The second-order valence-electron chi connectivity index (χ2n) is 18.6. The molecule has 0 aromatic heterocycles. The fourth-order valence-corrected chi connectivity index (χ4v) is 10.9. The average molecular weight is 985 g/mol. The summed E-state index contributed by atoms with van der Waals surface area (Å²) in [6, 6.07) is 19.4. The molecule has 0 heterocycles. The van der Waals surface area contributed by atoms with Crippen LogP contribution >= 0.6 is 0 Å². The van der Waals surface area contributed by atoms with Crippen molar-refractivity contribution in [3.8, 4) is 0 Å². The molecule has 0 fully saturated rings. The van der Waals surface area contributed by atoms with Crippen LogP contribution in [-0.4, -0.2) is 25.9 Å². The Labute approximate surface area is 410 Å². The Bertz CT molecular complexity index is 1960. The number of aryl methyl sites for hydroxylation is 4. The molecular formula is C56H86O6S2Zn. The fourth-order valence-electron chi connectivity index (χ4n) is 9.26. The third-order valence-corrected chi connectivity index (χ3v) is 14.7. The van der Waals surface area contributed by atoms with Gasteiger partial charge in [-0.2, -0.15) is 0 Å². The first-order valence-electron chi connectivity index (χ1n) is 25.9. The van der Waals surface area contributed by atoms with Gasteiger partial charge in [0, 0.05) is 10.8 Å². The predicted octanol–water partition coefficient (Wildman–Crippen LogP) is 16.7. The van der Waals surface area contributed by atoms with Crippen LogP contribution in [-0.2, 0) is 65.4 Å². The summed E-state index contributed by atoms with van der Waals surface area (Å²) in [5, 5.41) is 3.08. The monoisotopic (exact) mass is 983 g/mol. The first-order chi connectivity index (χ1) is 30.9. The molecule has 0 atom stereocenters. The number of unbranched alkanes of at least 4 members (excludes halogenated alkanes) is 24. The van der Waals surface area contributed by atoms with Gasteiger partial charge in [0.25, 0.3) is 0 Å². The van der Waals surface area contributed by atoms with Crippen LogP contribution in [0.15, 0.2) is 70.5 Å². The van der Waals surface area contributed by atoms with Gasteiger partial charge in [0.2, 0.25) is 0 Å². The Morgan fingerprint density at radius 2 is 0.615 bits per heavy atom. The van der Waals surface area contributed by atoms with Crippen LogP contribution in [0.5, 0.6) is 0 Å². The second-order valence-corrected chi connectivity index (χ2v) is 21.3. The van der Waals surface area contributed by atoms with Crippen molar-refractivity contribution in [3.05, 3.63) is 82.9 Å². The van der Waals surface area contributed by atoms with Crippen LogP contribution in [0.4, 0.5) is 0 Å². The third-order valence-electron chi connectivity index (χ3n) is 12.9. The van der Waals surface area contributed by atoms with E-state index in [-0.39, 0.29) is 29.3 Å². The summed E-state index contributed by atoms with van der Waals surface area (Å²) in [5.74, 6) is 0. The smallest absolute Gasteiger partial charge is 0.744 e. The van der Waals surface area contributed by atoms with E-state index in [2.05, 4.69) is 39.8 Å². The van der Waals surface area contributed by atoms with Gasteiger partial charge in [-0.15, -0.1) is 0 Å². The van der Waals surface area contributed by atoms with Crippen LogP contribution in [0.25, 0.3) is 21.5 Å². The first kappa shape index (κ1) is 59.0. The van der Waals surface area contributed by atoms with Gasteiger partial charge in [-0.05, 0) is 96.5 Å². The Morgan fingerprint density at radius 3 is 0.892 bits per heavy atom. The van der Waals surface area contributed by atoms with Crippen LogP contribution in [0, 0.1) is 0 Å². The Morgan fingerprint density at radius 1 is 0.354 bits per heavy atom. The van der Waals surface area contributed by atoms with Crippen molar-refractivity contribution in [2.24, 2.45) is 0 Å². The average Bonchev–Trinajstić information content (AvgIpc) is 3.26. The molecule has 9 heteroatoms. The molecule has 0 aliphatic carbocycles. The van der Waals surface area contributed by atoms with Crippen molar-refractivity contribution in [2.75, 3.05) is 0 Å². The molecule has 0 saturated heterocycles. The zero-order valence-corrected chi connectivity index (χ0v) is 46.0. The predicted molar refractivity (Wildman–Crippen MR) is 271 cm³/mol. The fraction of sp³-hybridized carbons (Fsp3) is 0.643. The van der Waals surface area contributed by atoms with Gasteiger partial charge in [0.1, 0.15) is 20.2 Å². The minimum atomic E-state index is -4.52. The first-order valence-corrected chi connectivity index (χ1v) is 28.8. The summed E-state index contributed by atoms with van der Waals surface area (Å²) < 4.78 is 72.9. The maximum absolute atomic E-state index is 12.1. The number of rotatable bonds is 34. The standard InChI is InChI=1S/2C28H44O3S.Zn/c2*1-3-5-7-9-11-13-15-18-24-22-26-21-17-20-25(19-16-14-12-10-8-6-4-2)28(26)27(23-24)32(29,30)31;/h2*17,20-23H,3-16,18-19H2,1-2H3,(H,29,30,31);/q;;+2/p-2. The molecular weight excluding hydrogens is 898 g/mol. The van der Waals surface area contributed by atoms with Crippen molar-refractivity contribution in [2.45, 2.75) is 243 Å². The largest absolute Gasteiger partial charge is 2.00 e. The van der Waals surface area contributed by atoms with E-state index >= 15 is 0 Å². The minimum absolute atomic E-state index is 0. The third kappa shape index (κ3) is 23.1. The molecule has 65 heavy (non-hydrogen) atoms. The quantitative estimate of drug-likeness (QED) is 0.0262. The molecule has 360 valence electrons. The number of hydrogen-bond donors (Lipinski definition) is 0. The second kappa shape index (κ2) is 34.2. The minimum Gasteiger partial charge on any atom is -0.744 e. The Hall–Kier alpha value is -2.16. The van der Waals surface area contributed by atoms with E-state index in [0.717, 1.165) is 110 Å². The van der Waals surface area contributed by atoms with Gasteiger partial charge >= 0.3 is 19.5 Å². The van der Waals surface area contributed by atoms with Crippen LogP contribution in [0.3, 0.4) is 0 Å². The molecule has 0 bridgehead atoms. The van der Waals surface area contributed by atoms with Crippen molar-refractivity contribution in [1.82, 2.24) is 0 Å². The summed E-state index contributed by atoms with van der Waals surface area (Å²) in [7, 11) is -9.03. The van der Waals surface area contributed by atoms with E-state index in [1.807, 2.05) is 36.4 Å². The molecule has 4 aromatic rings. The molecule has 0 N–H and O–H groups in total. The van der Waals surface area contributed by atoms with E-state index in [0.29, 0.717) is 10.8 Å². The SMILES string of the molecule is CCCCCCCCCc1cc(S(=O)(=O)[O-])c2c(CCCCCCCCC)cccc2c1.CCCCCCCCCc1cc(S(=O)(=O)[O-])c2c(CCCCCCCCC)cccc2c1.[Zn+2]. The van der Waals surface area contributed by atoms with Gasteiger partial charge in [0.05, 0.1) is 9.79 Å². The Kier molecular flexibility index (Phi) is 31.0. The number of fused-ring (bicyclic) bond motifs is 2. The van der Waals surface area contributed by atoms with Gasteiger partial charge in [0.15, 0.2) is 0 Å². The normalized spacial score (nSPS) is 11.8. The zero-order chi connectivity index (χ0) is 46.5. The number of benzene rings is 4. The molecule has 0 radical (unpaired) electrons. The summed E-state index contributed by atoms with van der Waals surface area (Å²) >= 11 is 0. The van der Waals surface area contributed by atoms with Crippen molar-refractivity contribution < 1.29 is 45.4 Å². The summed E-state index contributed by atoms with van der Waals surface area (Å²) in [5.41, 5.74) is 3.92. The molecule has 4 aromatic carbocycles. The van der Waals surface area contributed by atoms with Gasteiger partial charge < -0.3 is 9.11 Å². The van der Waals surface area contributed by atoms with Crippen molar-refractivity contribution >= 4 is 41.8 Å². The molecule has 0 amide bonds. The maximum atomic E-state index is 12.1. The van der Waals surface area contributed by atoms with Crippen molar-refractivity contribution in [1.29, 1.82) is 0 Å². The molecule has 6 nitrogen and oxygen atoms in total. The molecule has 4 rings (SSSR count).